The van der Waals surface area contributed by atoms with E-state index in [1.807, 2.05) is 42.5 Å². The number of fused-ring (bicyclic) bond motifs is 1. The minimum Gasteiger partial charge on any atom is -0.461 e. The van der Waals surface area contributed by atoms with E-state index < -0.39 is 11.7 Å². The number of benzene rings is 2. The molecule has 134 valence electrons. The van der Waals surface area contributed by atoms with Gasteiger partial charge in [0.25, 0.3) is 0 Å². The standard InChI is InChI=1S/C20H25NO4/c1-20(2,3)25-19(23)21-13-7-12-18(22)24-14-16-10-6-9-15-8-4-5-11-17(15)16/h4-6,8-11H,7,12-14H2,1-3H3,(H,21,23). The summed E-state index contributed by atoms with van der Waals surface area (Å²) in [5.74, 6) is -0.279. The van der Waals surface area contributed by atoms with E-state index >= 15 is 0 Å². The molecule has 0 atom stereocenters. The molecule has 0 saturated heterocycles. The highest BCUT2D eigenvalue weighted by atomic mass is 16.6. The number of carbonyl (C=O) groups is 2. The quantitative estimate of drug-likeness (QED) is 0.631. The van der Waals surface area contributed by atoms with Crippen LogP contribution < -0.4 is 5.32 Å². The molecule has 1 amide bonds. The molecule has 0 aliphatic carbocycles. The number of rotatable bonds is 6. The molecule has 5 heteroatoms. The Bertz CT molecular complexity index is 729. The average molecular weight is 343 g/mol. The summed E-state index contributed by atoms with van der Waals surface area (Å²) in [7, 11) is 0. The van der Waals surface area contributed by atoms with Crippen LogP contribution in [0.25, 0.3) is 10.8 Å². The van der Waals surface area contributed by atoms with E-state index in [0.717, 1.165) is 16.3 Å². The van der Waals surface area contributed by atoms with E-state index in [1.54, 1.807) is 20.8 Å². The van der Waals surface area contributed by atoms with Crippen molar-refractivity contribution in [3.8, 4) is 0 Å². The summed E-state index contributed by atoms with van der Waals surface area (Å²) < 4.78 is 10.5. The maximum atomic E-state index is 11.9. The lowest BCUT2D eigenvalue weighted by molar-refractivity contribution is -0.145. The molecule has 2 aromatic rings. The van der Waals surface area contributed by atoms with E-state index in [9.17, 15) is 9.59 Å². The van der Waals surface area contributed by atoms with Gasteiger partial charge in [-0.2, -0.15) is 0 Å². The molecular weight excluding hydrogens is 318 g/mol. The predicted molar refractivity (Wildman–Crippen MR) is 97.2 cm³/mol. The van der Waals surface area contributed by atoms with Crippen molar-refractivity contribution in [1.29, 1.82) is 0 Å². The molecule has 1 N–H and O–H groups in total. The third-order valence-electron chi connectivity index (χ3n) is 3.49. The fourth-order valence-corrected chi connectivity index (χ4v) is 2.39. The average Bonchev–Trinajstić information content (AvgIpc) is 2.55. The predicted octanol–water partition coefficient (Wildman–Crippen LogP) is 4.19. The highest BCUT2D eigenvalue weighted by molar-refractivity contribution is 5.85. The van der Waals surface area contributed by atoms with Gasteiger partial charge in [0.15, 0.2) is 0 Å². The number of ether oxygens (including phenoxy) is 2. The van der Waals surface area contributed by atoms with Gasteiger partial charge < -0.3 is 14.8 Å². The first-order chi connectivity index (χ1) is 11.8. The molecule has 25 heavy (non-hydrogen) atoms. The van der Waals surface area contributed by atoms with Gasteiger partial charge in [-0.05, 0) is 43.5 Å². The number of esters is 1. The van der Waals surface area contributed by atoms with E-state index in [2.05, 4.69) is 5.32 Å². The first kappa shape index (κ1) is 18.8. The van der Waals surface area contributed by atoms with Gasteiger partial charge in [0.05, 0.1) is 0 Å². The number of nitrogens with one attached hydrogen (secondary N) is 1. The van der Waals surface area contributed by atoms with Gasteiger partial charge in [0, 0.05) is 13.0 Å². The second-order valence-corrected chi connectivity index (χ2v) is 6.83. The van der Waals surface area contributed by atoms with E-state index in [1.165, 1.54) is 0 Å². The van der Waals surface area contributed by atoms with Crippen LogP contribution in [0.2, 0.25) is 0 Å². The molecule has 0 aliphatic rings. The van der Waals surface area contributed by atoms with Crippen LogP contribution in [0.15, 0.2) is 42.5 Å². The lowest BCUT2D eigenvalue weighted by Gasteiger charge is -2.19. The van der Waals surface area contributed by atoms with Crippen LogP contribution in [-0.4, -0.2) is 24.2 Å². The van der Waals surface area contributed by atoms with Crippen molar-refractivity contribution in [1.82, 2.24) is 5.32 Å². The van der Waals surface area contributed by atoms with Crippen LogP contribution >= 0.6 is 0 Å². The summed E-state index contributed by atoms with van der Waals surface area (Å²) in [5.41, 5.74) is 0.458. The van der Waals surface area contributed by atoms with Crippen molar-refractivity contribution in [2.75, 3.05) is 6.54 Å². The lowest BCUT2D eigenvalue weighted by Crippen LogP contribution is -2.33. The second-order valence-electron chi connectivity index (χ2n) is 6.83. The van der Waals surface area contributed by atoms with E-state index in [0.29, 0.717) is 13.0 Å². The zero-order valence-corrected chi connectivity index (χ0v) is 15.0. The van der Waals surface area contributed by atoms with Gasteiger partial charge in [-0.1, -0.05) is 42.5 Å². The topological polar surface area (TPSA) is 64.6 Å². The zero-order chi connectivity index (χ0) is 18.3. The molecule has 2 rings (SSSR count). The molecule has 0 spiro atoms. The number of alkyl carbamates (subject to hydrolysis) is 1. The molecule has 0 saturated carbocycles. The molecule has 0 radical (unpaired) electrons. The van der Waals surface area contributed by atoms with Gasteiger partial charge in [-0.3, -0.25) is 4.79 Å². The lowest BCUT2D eigenvalue weighted by atomic mass is 10.1. The van der Waals surface area contributed by atoms with E-state index in [-0.39, 0.29) is 19.0 Å². The van der Waals surface area contributed by atoms with Gasteiger partial charge >= 0.3 is 12.1 Å². The highest BCUT2D eigenvalue weighted by Crippen LogP contribution is 2.19. The van der Waals surface area contributed by atoms with Crippen molar-refractivity contribution >= 4 is 22.8 Å². The monoisotopic (exact) mass is 343 g/mol. The Kier molecular flexibility index (Phi) is 6.39. The molecule has 2 aromatic carbocycles. The number of amides is 1. The van der Waals surface area contributed by atoms with Gasteiger partial charge in [-0.25, -0.2) is 4.79 Å². The largest absolute Gasteiger partial charge is 0.461 e. The van der Waals surface area contributed by atoms with Crippen molar-refractivity contribution in [3.63, 3.8) is 0 Å². The minimum absolute atomic E-state index is 0.250. The maximum absolute atomic E-state index is 11.9. The molecule has 0 fully saturated rings. The Balaban J connectivity index is 1.71. The first-order valence-electron chi connectivity index (χ1n) is 8.44. The fraction of sp³-hybridized carbons (Fsp3) is 0.400. The Morgan fingerprint density at radius 2 is 1.76 bits per heavy atom. The van der Waals surface area contributed by atoms with Crippen LogP contribution in [-0.2, 0) is 20.9 Å². The minimum atomic E-state index is -0.526. The molecule has 0 bridgehead atoms. The van der Waals surface area contributed by atoms with Crippen molar-refractivity contribution < 1.29 is 19.1 Å². The molecule has 0 aliphatic heterocycles. The molecule has 0 aromatic heterocycles. The van der Waals surface area contributed by atoms with Gasteiger partial charge in [-0.15, -0.1) is 0 Å². The summed E-state index contributed by atoms with van der Waals surface area (Å²) >= 11 is 0. The maximum Gasteiger partial charge on any atom is 0.407 e. The summed E-state index contributed by atoms with van der Waals surface area (Å²) in [4.78, 5) is 23.3. The Labute approximate surface area is 148 Å². The van der Waals surface area contributed by atoms with Crippen LogP contribution in [0.3, 0.4) is 0 Å². The van der Waals surface area contributed by atoms with E-state index in [4.69, 9.17) is 9.47 Å². The third kappa shape index (κ3) is 6.45. The van der Waals surface area contributed by atoms with Crippen LogP contribution in [0, 0.1) is 0 Å². The molecular formula is C20H25NO4. The van der Waals surface area contributed by atoms with Gasteiger partial charge in [0.1, 0.15) is 12.2 Å². The summed E-state index contributed by atoms with van der Waals surface area (Å²) in [6.07, 6.45) is 0.283. The van der Waals surface area contributed by atoms with Crippen LogP contribution in [0.1, 0.15) is 39.2 Å². The molecule has 5 nitrogen and oxygen atoms in total. The summed E-state index contributed by atoms with van der Waals surface area (Å²) in [5, 5.41) is 4.83. The number of hydrogen-bond acceptors (Lipinski definition) is 4. The van der Waals surface area contributed by atoms with Gasteiger partial charge in [0.2, 0.25) is 0 Å². The molecule has 0 unspecified atom stereocenters. The molecule has 0 heterocycles. The smallest absolute Gasteiger partial charge is 0.407 e. The Morgan fingerprint density at radius 3 is 2.52 bits per heavy atom. The highest BCUT2D eigenvalue weighted by Gasteiger charge is 2.15. The SMILES string of the molecule is CC(C)(C)OC(=O)NCCCC(=O)OCc1cccc2ccccc12. The number of carbonyl (C=O) groups excluding carboxylic acids is 2. The zero-order valence-electron chi connectivity index (χ0n) is 15.0. The second kappa shape index (κ2) is 8.51. The summed E-state index contributed by atoms with van der Waals surface area (Å²) in [6.45, 7) is 6.03. The Hall–Kier alpha value is -2.56. The normalized spacial score (nSPS) is 11.2. The van der Waals surface area contributed by atoms with Crippen LogP contribution in [0.4, 0.5) is 4.79 Å². The van der Waals surface area contributed by atoms with Crippen molar-refractivity contribution in [2.24, 2.45) is 0 Å². The van der Waals surface area contributed by atoms with Crippen molar-refractivity contribution in [3.05, 3.63) is 48.0 Å². The van der Waals surface area contributed by atoms with Crippen LogP contribution in [0.5, 0.6) is 0 Å². The third-order valence-corrected chi connectivity index (χ3v) is 3.49. The Morgan fingerprint density at radius 1 is 1.04 bits per heavy atom. The fourth-order valence-electron chi connectivity index (χ4n) is 2.39. The number of hydrogen-bond donors (Lipinski definition) is 1. The summed E-state index contributed by atoms with van der Waals surface area (Å²) in [6, 6.07) is 13.9. The van der Waals surface area contributed by atoms with Crippen molar-refractivity contribution in [2.45, 2.75) is 45.8 Å². The first-order valence-corrected chi connectivity index (χ1v) is 8.44.